The fourth-order valence-corrected chi connectivity index (χ4v) is 3.25. The molecule has 0 unspecified atom stereocenters. The Hall–Kier alpha value is -2.30. The van der Waals surface area contributed by atoms with Gasteiger partial charge in [0.1, 0.15) is 23.4 Å². The standard InChI is InChI=1S/C18H23N3O2/c1-12-19-11-14(20-12)17(22)21(4)15-10-16(18(15,2)3)23-13-8-6-5-7-9-13/h5-9,11,15-16H,10H2,1-4H3,(H,19,20)/t15-,16-/m1/s1. The number of hydrogen-bond acceptors (Lipinski definition) is 3. The maximum Gasteiger partial charge on any atom is 0.271 e. The predicted octanol–water partition coefficient (Wildman–Crippen LogP) is 3.04. The third kappa shape index (κ3) is 2.83. The first-order chi connectivity index (χ1) is 10.9. The van der Waals surface area contributed by atoms with Crippen LogP contribution < -0.4 is 4.74 Å². The lowest BCUT2D eigenvalue weighted by atomic mass is 9.63. The summed E-state index contributed by atoms with van der Waals surface area (Å²) in [5, 5.41) is 0. The maximum atomic E-state index is 12.6. The van der Waals surface area contributed by atoms with Crippen LogP contribution in [-0.4, -0.2) is 40.0 Å². The van der Waals surface area contributed by atoms with Gasteiger partial charge in [0, 0.05) is 24.9 Å². The summed E-state index contributed by atoms with van der Waals surface area (Å²) in [6.07, 6.45) is 2.53. The van der Waals surface area contributed by atoms with Gasteiger partial charge in [0.25, 0.3) is 5.91 Å². The third-order valence-electron chi connectivity index (χ3n) is 4.87. The van der Waals surface area contributed by atoms with E-state index in [-0.39, 0.29) is 23.5 Å². The minimum absolute atomic E-state index is 0.0261. The molecular formula is C18H23N3O2. The van der Waals surface area contributed by atoms with Crippen LogP contribution in [0.4, 0.5) is 0 Å². The molecule has 0 radical (unpaired) electrons. The lowest BCUT2D eigenvalue weighted by molar-refractivity contribution is -0.0887. The average molecular weight is 313 g/mol. The predicted molar refractivity (Wildman–Crippen MR) is 88.5 cm³/mol. The fraction of sp³-hybridized carbons (Fsp3) is 0.444. The molecular weight excluding hydrogens is 290 g/mol. The van der Waals surface area contributed by atoms with E-state index >= 15 is 0 Å². The van der Waals surface area contributed by atoms with E-state index in [1.165, 1.54) is 0 Å². The Bertz CT molecular complexity index is 693. The lowest BCUT2D eigenvalue weighted by Gasteiger charge is -2.54. The summed E-state index contributed by atoms with van der Waals surface area (Å²) in [6, 6.07) is 9.98. The second-order valence-electron chi connectivity index (χ2n) is 6.79. The number of H-pyrrole nitrogens is 1. The average Bonchev–Trinajstić information content (AvgIpc) is 2.97. The second-order valence-corrected chi connectivity index (χ2v) is 6.79. The summed E-state index contributed by atoms with van der Waals surface area (Å²) in [5.74, 6) is 1.60. The van der Waals surface area contributed by atoms with Crippen molar-refractivity contribution in [2.75, 3.05) is 7.05 Å². The number of aromatic amines is 1. The smallest absolute Gasteiger partial charge is 0.271 e. The topological polar surface area (TPSA) is 58.2 Å². The summed E-state index contributed by atoms with van der Waals surface area (Å²) >= 11 is 0. The summed E-state index contributed by atoms with van der Waals surface area (Å²) in [4.78, 5) is 21.5. The molecule has 1 aliphatic rings. The molecule has 5 nitrogen and oxygen atoms in total. The molecule has 3 rings (SSSR count). The number of amides is 1. The van der Waals surface area contributed by atoms with Crippen molar-refractivity contribution in [2.45, 2.75) is 39.3 Å². The zero-order valence-electron chi connectivity index (χ0n) is 14.0. The van der Waals surface area contributed by atoms with Crippen LogP contribution in [0, 0.1) is 12.3 Å². The van der Waals surface area contributed by atoms with Crippen LogP contribution in [0.5, 0.6) is 5.75 Å². The van der Waals surface area contributed by atoms with Crippen molar-refractivity contribution >= 4 is 5.91 Å². The van der Waals surface area contributed by atoms with Gasteiger partial charge in [-0.25, -0.2) is 4.98 Å². The summed E-state index contributed by atoms with van der Waals surface area (Å²) in [7, 11) is 1.85. The van der Waals surface area contributed by atoms with Gasteiger partial charge in [-0.15, -0.1) is 0 Å². The second kappa shape index (κ2) is 5.72. The SMILES string of the molecule is Cc1ncc(C(=O)N(C)[C@@H]2C[C@@H](Oc3ccccc3)C2(C)C)[nH]1. The van der Waals surface area contributed by atoms with E-state index in [2.05, 4.69) is 23.8 Å². The van der Waals surface area contributed by atoms with Crippen molar-refractivity contribution in [1.29, 1.82) is 0 Å². The monoisotopic (exact) mass is 313 g/mol. The molecule has 23 heavy (non-hydrogen) atoms. The van der Waals surface area contributed by atoms with E-state index in [1.54, 1.807) is 11.1 Å². The molecule has 0 bridgehead atoms. The van der Waals surface area contributed by atoms with Crippen molar-refractivity contribution in [3.05, 3.63) is 48.0 Å². The first-order valence-electron chi connectivity index (χ1n) is 7.90. The first kappa shape index (κ1) is 15.6. The van der Waals surface area contributed by atoms with Crippen LogP contribution in [0.15, 0.2) is 36.5 Å². The molecule has 1 aliphatic carbocycles. The van der Waals surface area contributed by atoms with E-state index in [4.69, 9.17) is 4.74 Å². The summed E-state index contributed by atoms with van der Waals surface area (Å²) in [5.41, 5.74) is 0.434. The Morgan fingerprint density at radius 2 is 2.04 bits per heavy atom. The van der Waals surface area contributed by atoms with E-state index < -0.39 is 0 Å². The number of para-hydroxylation sites is 1. The molecule has 1 aromatic carbocycles. The Labute approximate surface area is 136 Å². The number of rotatable bonds is 4. The number of hydrogen-bond donors (Lipinski definition) is 1. The lowest BCUT2D eigenvalue weighted by Crippen LogP contribution is -2.63. The quantitative estimate of drug-likeness (QED) is 0.944. The van der Waals surface area contributed by atoms with E-state index in [1.807, 2.05) is 44.3 Å². The van der Waals surface area contributed by atoms with E-state index in [0.29, 0.717) is 5.69 Å². The first-order valence-corrected chi connectivity index (χ1v) is 7.90. The largest absolute Gasteiger partial charge is 0.490 e. The minimum Gasteiger partial charge on any atom is -0.490 e. The summed E-state index contributed by atoms with van der Waals surface area (Å²) in [6.45, 7) is 6.14. The molecule has 0 aliphatic heterocycles. The summed E-state index contributed by atoms with van der Waals surface area (Å²) < 4.78 is 6.08. The van der Waals surface area contributed by atoms with Crippen molar-refractivity contribution in [3.63, 3.8) is 0 Å². The van der Waals surface area contributed by atoms with Crippen molar-refractivity contribution in [1.82, 2.24) is 14.9 Å². The van der Waals surface area contributed by atoms with Gasteiger partial charge >= 0.3 is 0 Å². The molecule has 1 amide bonds. The number of aromatic nitrogens is 2. The van der Waals surface area contributed by atoms with Crippen molar-refractivity contribution < 1.29 is 9.53 Å². The number of carbonyl (C=O) groups excluding carboxylic acids is 1. The third-order valence-corrected chi connectivity index (χ3v) is 4.87. The van der Waals surface area contributed by atoms with E-state index in [0.717, 1.165) is 18.0 Å². The number of nitrogens with zero attached hydrogens (tertiary/aromatic N) is 2. The van der Waals surface area contributed by atoms with Crippen LogP contribution in [0.3, 0.4) is 0 Å². The van der Waals surface area contributed by atoms with Crippen LogP contribution in [0.1, 0.15) is 36.6 Å². The van der Waals surface area contributed by atoms with Crippen molar-refractivity contribution in [3.8, 4) is 5.75 Å². The van der Waals surface area contributed by atoms with E-state index in [9.17, 15) is 4.79 Å². The molecule has 0 saturated heterocycles. The number of aryl methyl sites for hydroxylation is 1. The number of carbonyl (C=O) groups is 1. The molecule has 1 fully saturated rings. The Balaban J connectivity index is 1.67. The van der Waals surface area contributed by atoms with Crippen LogP contribution >= 0.6 is 0 Å². The van der Waals surface area contributed by atoms with Gasteiger partial charge < -0.3 is 14.6 Å². The molecule has 1 N–H and O–H groups in total. The highest BCUT2D eigenvalue weighted by atomic mass is 16.5. The van der Waals surface area contributed by atoms with Gasteiger partial charge in [0.2, 0.25) is 0 Å². The number of nitrogens with one attached hydrogen (secondary N) is 1. The highest BCUT2D eigenvalue weighted by Crippen LogP contribution is 2.45. The normalized spacial score (nSPS) is 22.3. The number of imidazole rings is 1. The van der Waals surface area contributed by atoms with Gasteiger partial charge in [0.05, 0.1) is 6.20 Å². The molecule has 1 heterocycles. The highest BCUT2D eigenvalue weighted by Gasteiger charge is 2.53. The highest BCUT2D eigenvalue weighted by molar-refractivity contribution is 5.92. The van der Waals surface area contributed by atoms with Gasteiger partial charge in [0.15, 0.2) is 0 Å². The Morgan fingerprint density at radius 3 is 2.61 bits per heavy atom. The zero-order chi connectivity index (χ0) is 16.6. The molecule has 122 valence electrons. The van der Waals surface area contributed by atoms with Gasteiger partial charge in [-0.1, -0.05) is 32.0 Å². The molecule has 5 heteroatoms. The van der Waals surface area contributed by atoms with Crippen LogP contribution in [0.2, 0.25) is 0 Å². The zero-order valence-corrected chi connectivity index (χ0v) is 14.0. The molecule has 0 spiro atoms. The molecule has 1 saturated carbocycles. The van der Waals surface area contributed by atoms with Gasteiger partial charge in [-0.3, -0.25) is 4.79 Å². The van der Waals surface area contributed by atoms with Gasteiger partial charge in [-0.05, 0) is 19.1 Å². The fourth-order valence-electron chi connectivity index (χ4n) is 3.25. The Morgan fingerprint density at radius 1 is 1.35 bits per heavy atom. The minimum atomic E-state index is -0.102. The number of benzene rings is 1. The van der Waals surface area contributed by atoms with Gasteiger partial charge in [-0.2, -0.15) is 0 Å². The van der Waals surface area contributed by atoms with Crippen molar-refractivity contribution in [2.24, 2.45) is 5.41 Å². The maximum absolute atomic E-state index is 12.6. The molecule has 2 atom stereocenters. The number of ether oxygens (including phenoxy) is 1. The van der Waals surface area contributed by atoms with Crippen LogP contribution in [0.25, 0.3) is 0 Å². The van der Waals surface area contributed by atoms with Crippen LogP contribution in [-0.2, 0) is 0 Å². The Kier molecular flexibility index (Phi) is 3.88. The molecule has 2 aromatic rings. The molecule has 1 aromatic heterocycles.